The van der Waals surface area contributed by atoms with Crippen LogP contribution >= 0.6 is 27.5 Å². The fourth-order valence-electron chi connectivity index (χ4n) is 1.44. The molecule has 5 nitrogen and oxygen atoms in total. The number of rotatable bonds is 2. The molecule has 0 bridgehead atoms. The average molecular weight is 343 g/mol. The van der Waals surface area contributed by atoms with Crippen molar-refractivity contribution in [3.63, 3.8) is 0 Å². The van der Waals surface area contributed by atoms with Crippen molar-refractivity contribution in [1.29, 1.82) is 0 Å². The second kappa shape index (κ2) is 4.83. The Morgan fingerprint density at radius 2 is 2.24 bits per heavy atom. The van der Waals surface area contributed by atoms with Crippen molar-refractivity contribution < 1.29 is 18.4 Å². The molecule has 2 rings (SSSR count). The van der Waals surface area contributed by atoms with E-state index in [2.05, 4.69) is 15.9 Å². The van der Waals surface area contributed by atoms with Crippen molar-refractivity contribution in [3.05, 3.63) is 27.7 Å². The highest BCUT2D eigenvalue weighted by Gasteiger charge is 2.35. The van der Waals surface area contributed by atoms with Gasteiger partial charge in [0.05, 0.1) is 24.3 Å². The molecule has 1 aliphatic heterocycles. The summed E-state index contributed by atoms with van der Waals surface area (Å²) in [7, 11) is -3.86. The molecular weight excluding hydrogens is 334 g/mol. The summed E-state index contributed by atoms with van der Waals surface area (Å²) in [5.74, 6) is 0. The van der Waals surface area contributed by atoms with E-state index in [0.717, 1.165) is 4.47 Å². The van der Waals surface area contributed by atoms with Gasteiger partial charge in [-0.1, -0.05) is 22.1 Å². The predicted molar refractivity (Wildman–Crippen MR) is 65.0 cm³/mol. The summed E-state index contributed by atoms with van der Waals surface area (Å²) >= 11 is 9.01. The highest BCUT2D eigenvalue weighted by atomic mass is 79.9. The molecule has 94 valence electrons. The van der Waals surface area contributed by atoms with Gasteiger partial charge in [-0.15, -0.1) is 0 Å². The average Bonchev–Trinajstić information content (AvgIpc) is 2.64. The maximum Gasteiger partial charge on any atom is 0.267 e. The van der Waals surface area contributed by atoms with Gasteiger partial charge in [-0.3, -0.25) is 4.84 Å². The van der Waals surface area contributed by atoms with E-state index in [1.54, 1.807) is 12.1 Å². The number of halogens is 2. The van der Waals surface area contributed by atoms with Crippen molar-refractivity contribution in [1.82, 2.24) is 4.47 Å². The van der Waals surface area contributed by atoms with Crippen LogP contribution in [-0.4, -0.2) is 37.2 Å². The zero-order chi connectivity index (χ0) is 12.6. The first-order chi connectivity index (χ1) is 7.93. The first-order valence-corrected chi connectivity index (χ1v) is 7.32. The molecule has 1 N–H and O–H groups in total. The number of aliphatic hydroxyl groups excluding tert-OH is 1. The van der Waals surface area contributed by atoms with Gasteiger partial charge in [0, 0.05) is 4.47 Å². The quantitative estimate of drug-likeness (QED) is 0.882. The summed E-state index contributed by atoms with van der Waals surface area (Å²) in [6, 6.07) is 4.68. The van der Waals surface area contributed by atoms with Gasteiger partial charge in [-0.2, -0.15) is 0 Å². The molecule has 0 unspecified atom stereocenters. The SMILES string of the molecule is O=S(=O)(c1c(Cl)cccc1Br)N1C[C@@H](O)CO1. The van der Waals surface area contributed by atoms with Gasteiger partial charge in [0.15, 0.2) is 0 Å². The molecule has 1 atom stereocenters. The van der Waals surface area contributed by atoms with Crippen LogP contribution in [0, 0.1) is 0 Å². The Hall–Kier alpha value is -0.180. The number of β-amino-alcohol motifs (C(OH)–C–C–N with tert-alkyl or cyclic N) is 1. The lowest BCUT2D eigenvalue weighted by Gasteiger charge is -2.16. The summed E-state index contributed by atoms with van der Waals surface area (Å²) in [6.45, 7) is -0.138. The van der Waals surface area contributed by atoms with E-state index in [-0.39, 0.29) is 23.1 Å². The molecule has 0 aliphatic carbocycles. The van der Waals surface area contributed by atoms with Gasteiger partial charge in [0.1, 0.15) is 4.90 Å². The molecule has 1 heterocycles. The minimum atomic E-state index is -3.86. The summed E-state index contributed by atoms with van der Waals surface area (Å²) in [5, 5.41) is 9.37. The zero-order valence-corrected chi connectivity index (χ0v) is 11.7. The maximum atomic E-state index is 12.2. The third-order valence-corrected chi connectivity index (χ3v) is 5.31. The lowest BCUT2D eigenvalue weighted by molar-refractivity contribution is -0.0317. The van der Waals surface area contributed by atoms with Gasteiger partial charge in [0.25, 0.3) is 10.0 Å². The minimum absolute atomic E-state index is 0.0404. The van der Waals surface area contributed by atoms with Crippen LogP contribution < -0.4 is 0 Å². The van der Waals surface area contributed by atoms with Gasteiger partial charge < -0.3 is 5.11 Å². The van der Waals surface area contributed by atoms with Crippen LogP contribution in [0.15, 0.2) is 27.6 Å². The molecule has 0 saturated carbocycles. The highest BCUT2D eigenvalue weighted by molar-refractivity contribution is 9.10. The molecule has 0 radical (unpaired) electrons. The number of nitrogens with zero attached hydrogens (tertiary/aromatic N) is 1. The summed E-state index contributed by atoms with van der Waals surface area (Å²) in [4.78, 5) is 4.85. The number of aliphatic hydroxyl groups is 1. The van der Waals surface area contributed by atoms with Gasteiger partial charge in [-0.25, -0.2) is 8.42 Å². The van der Waals surface area contributed by atoms with Crippen LogP contribution in [0.3, 0.4) is 0 Å². The fourth-order valence-corrected chi connectivity index (χ4v) is 4.41. The van der Waals surface area contributed by atoms with Crippen molar-refractivity contribution >= 4 is 37.6 Å². The second-order valence-electron chi connectivity index (χ2n) is 3.49. The molecular formula is C9H9BrClNO4S. The summed E-state index contributed by atoms with van der Waals surface area (Å²) < 4.78 is 25.5. The molecule has 8 heteroatoms. The number of hydrogen-bond acceptors (Lipinski definition) is 4. The summed E-state index contributed by atoms with van der Waals surface area (Å²) in [5.41, 5.74) is 0. The summed E-state index contributed by atoms with van der Waals surface area (Å²) in [6.07, 6.45) is -0.814. The topological polar surface area (TPSA) is 66.8 Å². The molecule has 0 aromatic heterocycles. The Morgan fingerprint density at radius 3 is 2.76 bits per heavy atom. The number of benzene rings is 1. The standard InChI is InChI=1S/C9H9BrClNO4S/c10-7-2-1-3-8(11)9(7)17(14,15)12-4-6(13)5-16-12/h1-3,6,13H,4-5H2/t6-/m1/s1. The molecule has 1 aliphatic rings. The monoisotopic (exact) mass is 341 g/mol. The van der Waals surface area contributed by atoms with Crippen molar-refractivity contribution in [2.45, 2.75) is 11.0 Å². The molecule has 0 amide bonds. The Bertz CT molecular complexity index is 516. The molecule has 1 aromatic carbocycles. The van der Waals surface area contributed by atoms with E-state index in [1.807, 2.05) is 0 Å². The van der Waals surface area contributed by atoms with E-state index >= 15 is 0 Å². The van der Waals surface area contributed by atoms with Gasteiger partial charge >= 0.3 is 0 Å². The van der Waals surface area contributed by atoms with Crippen molar-refractivity contribution in [2.75, 3.05) is 13.2 Å². The lowest BCUT2D eigenvalue weighted by atomic mass is 10.4. The Balaban J connectivity index is 2.45. The molecule has 1 aromatic rings. The highest BCUT2D eigenvalue weighted by Crippen LogP contribution is 2.32. The van der Waals surface area contributed by atoms with Gasteiger partial charge in [-0.05, 0) is 28.1 Å². The van der Waals surface area contributed by atoms with Crippen LogP contribution in [0.1, 0.15) is 0 Å². The Morgan fingerprint density at radius 1 is 1.53 bits per heavy atom. The normalized spacial score (nSPS) is 21.9. The third kappa shape index (κ3) is 2.49. The van der Waals surface area contributed by atoms with Crippen molar-refractivity contribution in [2.24, 2.45) is 0 Å². The number of sulfonamides is 1. The van der Waals surface area contributed by atoms with E-state index in [4.69, 9.17) is 16.4 Å². The first-order valence-electron chi connectivity index (χ1n) is 4.70. The Labute approximate surface area is 112 Å². The number of hydroxylamine groups is 1. The van der Waals surface area contributed by atoms with Crippen LogP contribution in [0.5, 0.6) is 0 Å². The van der Waals surface area contributed by atoms with Crippen LogP contribution in [0.4, 0.5) is 0 Å². The van der Waals surface area contributed by atoms with Crippen LogP contribution in [-0.2, 0) is 14.9 Å². The zero-order valence-electron chi connectivity index (χ0n) is 8.51. The smallest absolute Gasteiger partial charge is 0.267 e. The number of hydrogen-bond donors (Lipinski definition) is 1. The minimum Gasteiger partial charge on any atom is -0.389 e. The van der Waals surface area contributed by atoms with Crippen LogP contribution in [0.2, 0.25) is 5.02 Å². The molecule has 1 fully saturated rings. The van der Waals surface area contributed by atoms with E-state index in [0.29, 0.717) is 4.47 Å². The fraction of sp³-hybridized carbons (Fsp3) is 0.333. The van der Waals surface area contributed by atoms with Gasteiger partial charge in [0.2, 0.25) is 0 Å². The molecule has 1 saturated heterocycles. The van der Waals surface area contributed by atoms with Crippen molar-refractivity contribution in [3.8, 4) is 0 Å². The molecule has 0 spiro atoms. The van der Waals surface area contributed by atoms with E-state index in [1.165, 1.54) is 6.07 Å². The first kappa shape index (κ1) is 13.3. The predicted octanol–water partition coefficient (Wildman–Crippen LogP) is 1.40. The maximum absolute atomic E-state index is 12.2. The van der Waals surface area contributed by atoms with E-state index < -0.39 is 16.1 Å². The Kier molecular flexibility index (Phi) is 3.77. The lowest BCUT2D eigenvalue weighted by Crippen LogP contribution is -2.29. The van der Waals surface area contributed by atoms with E-state index in [9.17, 15) is 13.5 Å². The largest absolute Gasteiger partial charge is 0.389 e. The third-order valence-electron chi connectivity index (χ3n) is 2.22. The second-order valence-corrected chi connectivity index (χ2v) is 6.52. The molecule has 17 heavy (non-hydrogen) atoms. The van der Waals surface area contributed by atoms with Crippen LogP contribution in [0.25, 0.3) is 0 Å².